The summed E-state index contributed by atoms with van der Waals surface area (Å²) in [6.45, 7) is 0. The van der Waals surface area contributed by atoms with Crippen LogP contribution in [0.15, 0.2) is 24.5 Å². The molecule has 0 radical (unpaired) electrons. The van der Waals surface area contributed by atoms with Gasteiger partial charge in [-0.25, -0.2) is 4.79 Å². The van der Waals surface area contributed by atoms with Crippen LogP contribution in [-0.4, -0.2) is 39.3 Å². The molecule has 3 N–H and O–H groups in total. The summed E-state index contributed by atoms with van der Waals surface area (Å²) in [5, 5.41) is 17.1. The molecule has 19 heavy (non-hydrogen) atoms. The minimum absolute atomic E-state index is 0.112. The van der Waals surface area contributed by atoms with Crippen LogP contribution in [0, 0.1) is 0 Å². The molecule has 0 unspecified atom stereocenters. The first kappa shape index (κ1) is 12.6. The van der Waals surface area contributed by atoms with Gasteiger partial charge in [0.05, 0.1) is 18.9 Å². The topological polar surface area (TPSA) is 117 Å². The van der Waals surface area contributed by atoms with Gasteiger partial charge in [0, 0.05) is 12.3 Å². The number of H-pyrrole nitrogens is 1. The van der Waals surface area contributed by atoms with Gasteiger partial charge in [0.2, 0.25) is 0 Å². The molecule has 0 aliphatic rings. The van der Waals surface area contributed by atoms with Crippen molar-refractivity contribution in [2.24, 2.45) is 0 Å². The first-order valence-electron chi connectivity index (χ1n) is 5.20. The molecule has 0 fully saturated rings. The van der Waals surface area contributed by atoms with E-state index in [1.807, 2.05) is 0 Å². The van der Waals surface area contributed by atoms with Gasteiger partial charge in [-0.2, -0.15) is 5.10 Å². The fourth-order valence-electron chi connectivity index (χ4n) is 1.41. The van der Waals surface area contributed by atoms with Gasteiger partial charge in [0.1, 0.15) is 11.4 Å². The standard InChI is InChI=1S/C11H10N4O4/c1-19-8-5-12-3-2-6(8)10(16)13-9-4-7(11(17)18)14-15-9/h2-5H,1H3,(H,17,18)(H2,13,14,15,16). The zero-order valence-electron chi connectivity index (χ0n) is 9.88. The van der Waals surface area contributed by atoms with E-state index >= 15 is 0 Å². The van der Waals surface area contributed by atoms with E-state index in [0.29, 0.717) is 5.75 Å². The Balaban J connectivity index is 2.18. The molecule has 2 aromatic rings. The molecule has 8 nitrogen and oxygen atoms in total. The molecule has 1 amide bonds. The number of carboxylic acids is 1. The van der Waals surface area contributed by atoms with E-state index in [2.05, 4.69) is 20.5 Å². The van der Waals surface area contributed by atoms with Crippen LogP contribution < -0.4 is 10.1 Å². The van der Waals surface area contributed by atoms with Gasteiger partial charge in [0.15, 0.2) is 5.82 Å². The second-order valence-electron chi connectivity index (χ2n) is 3.50. The largest absolute Gasteiger partial charge is 0.494 e. The Morgan fingerprint density at radius 1 is 1.47 bits per heavy atom. The van der Waals surface area contributed by atoms with Crippen LogP contribution in [0.1, 0.15) is 20.8 Å². The van der Waals surface area contributed by atoms with Gasteiger partial charge in [0.25, 0.3) is 5.91 Å². The first-order chi connectivity index (χ1) is 9.11. The lowest BCUT2D eigenvalue weighted by Gasteiger charge is -2.06. The smallest absolute Gasteiger partial charge is 0.353 e. The molecule has 0 aliphatic heterocycles. The first-order valence-corrected chi connectivity index (χ1v) is 5.20. The highest BCUT2D eigenvalue weighted by molar-refractivity contribution is 6.05. The third kappa shape index (κ3) is 2.68. The number of hydrogen-bond acceptors (Lipinski definition) is 5. The number of carbonyl (C=O) groups excluding carboxylic acids is 1. The second-order valence-corrected chi connectivity index (χ2v) is 3.50. The lowest BCUT2D eigenvalue weighted by molar-refractivity contribution is 0.0690. The number of aromatic carboxylic acids is 1. The number of nitrogens with zero attached hydrogens (tertiary/aromatic N) is 2. The number of rotatable bonds is 4. The monoisotopic (exact) mass is 262 g/mol. The number of hydrogen-bond donors (Lipinski definition) is 3. The number of aromatic amines is 1. The Hall–Kier alpha value is -2.90. The minimum atomic E-state index is -1.16. The van der Waals surface area contributed by atoms with Gasteiger partial charge < -0.3 is 15.2 Å². The van der Waals surface area contributed by atoms with E-state index < -0.39 is 11.9 Å². The second kappa shape index (κ2) is 5.17. The summed E-state index contributed by atoms with van der Waals surface area (Å²) in [5.41, 5.74) is 0.161. The number of aromatic nitrogens is 3. The molecule has 0 atom stereocenters. The summed E-state index contributed by atoms with van der Waals surface area (Å²) in [5.74, 6) is -1.20. The van der Waals surface area contributed by atoms with Gasteiger partial charge in [-0.15, -0.1) is 0 Å². The van der Waals surface area contributed by atoms with Gasteiger partial charge in [-0.1, -0.05) is 0 Å². The molecular weight excluding hydrogens is 252 g/mol. The Morgan fingerprint density at radius 2 is 2.26 bits per heavy atom. The molecule has 0 saturated carbocycles. The normalized spacial score (nSPS) is 9.95. The number of amides is 1. The Kier molecular flexibility index (Phi) is 3.42. The Morgan fingerprint density at radius 3 is 2.89 bits per heavy atom. The molecule has 98 valence electrons. The zero-order chi connectivity index (χ0) is 13.8. The quantitative estimate of drug-likeness (QED) is 0.748. The zero-order valence-corrected chi connectivity index (χ0v) is 9.88. The summed E-state index contributed by atoms with van der Waals surface area (Å²) in [6.07, 6.45) is 2.85. The Bertz CT molecular complexity index is 623. The van der Waals surface area contributed by atoms with Crippen molar-refractivity contribution in [3.63, 3.8) is 0 Å². The molecule has 0 aromatic carbocycles. The molecule has 0 saturated heterocycles. The third-order valence-corrected chi connectivity index (χ3v) is 2.30. The highest BCUT2D eigenvalue weighted by atomic mass is 16.5. The highest BCUT2D eigenvalue weighted by Crippen LogP contribution is 2.17. The van der Waals surface area contributed by atoms with E-state index in [0.717, 1.165) is 0 Å². The molecule has 2 aromatic heterocycles. The fraction of sp³-hybridized carbons (Fsp3) is 0.0909. The summed E-state index contributed by atoms with van der Waals surface area (Å²) >= 11 is 0. The summed E-state index contributed by atoms with van der Waals surface area (Å²) in [4.78, 5) is 26.4. The summed E-state index contributed by atoms with van der Waals surface area (Å²) in [7, 11) is 1.42. The van der Waals surface area contributed by atoms with Gasteiger partial charge >= 0.3 is 5.97 Å². The summed E-state index contributed by atoms with van der Waals surface area (Å²) in [6, 6.07) is 2.70. The molecule has 2 rings (SSSR count). The number of carbonyl (C=O) groups is 2. The minimum Gasteiger partial charge on any atom is -0.494 e. The van der Waals surface area contributed by atoms with Crippen molar-refractivity contribution >= 4 is 17.7 Å². The fourth-order valence-corrected chi connectivity index (χ4v) is 1.41. The molecule has 8 heteroatoms. The molecule has 2 heterocycles. The van der Waals surface area contributed by atoms with Crippen molar-refractivity contribution in [3.05, 3.63) is 35.8 Å². The number of carboxylic acid groups (broad SMARTS) is 1. The van der Waals surface area contributed by atoms with Crippen molar-refractivity contribution in [2.75, 3.05) is 12.4 Å². The van der Waals surface area contributed by atoms with E-state index in [1.54, 1.807) is 0 Å². The third-order valence-electron chi connectivity index (χ3n) is 2.30. The average Bonchev–Trinajstić information content (AvgIpc) is 2.87. The maximum atomic E-state index is 12.0. The predicted molar refractivity (Wildman–Crippen MR) is 64.3 cm³/mol. The number of ether oxygens (including phenoxy) is 1. The lowest BCUT2D eigenvalue weighted by atomic mass is 10.2. The van der Waals surface area contributed by atoms with Crippen molar-refractivity contribution in [3.8, 4) is 5.75 Å². The molecule has 0 bridgehead atoms. The number of methoxy groups -OCH3 is 1. The van der Waals surface area contributed by atoms with Crippen molar-refractivity contribution in [1.82, 2.24) is 15.2 Å². The van der Waals surface area contributed by atoms with Crippen LogP contribution in [0.3, 0.4) is 0 Å². The van der Waals surface area contributed by atoms with Crippen LogP contribution in [0.25, 0.3) is 0 Å². The van der Waals surface area contributed by atoms with Crippen LogP contribution in [0.5, 0.6) is 5.75 Å². The van der Waals surface area contributed by atoms with E-state index in [-0.39, 0.29) is 17.1 Å². The van der Waals surface area contributed by atoms with Crippen molar-refractivity contribution in [2.45, 2.75) is 0 Å². The molecule has 0 aliphatic carbocycles. The van der Waals surface area contributed by atoms with Crippen LogP contribution >= 0.6 is 0 Å². The van der Waals surface area contributed by atoms with Crippen LogP contribution in [-0.2, 0) is 0 Å². The highest BCUT2D eigenvalue weighted by Gasteiger charge is 2.14. The van der Waals surface area contributed by atoms with Crippen LogP contribution in [0.2, 0.25) is 0 Å². The average molecular weight is 262 g/mol. The number of anilines is 1. The maximum absolute atomic E-state index is 12.0. The number of nitrogens with one attached hydrogen (secondary N) is 2. The van der Waals surface area contributed by atoms with E-state index in [1.165, 1.54) is 31.6 Å². The summed E-state index contributed by atoms with van der Waals surface area (Å²) < 4.78 is 5.00. The van der Waals surface area contributed by atoms with Crippen molar-refractivity contribution in [1.29, 1.82) is 0 Å². The maximum Gasteiger partial charge on any atom is 0.353 e. The van der Waals surface area contributed by atoms with Crippen molar-refractivity contribution < 1.29 is 19.4 Å². The van der Waals surface area contributed by atoms with E-state index in [4.69, 9.17) is 9.84 Å². The van der Waals surface area contributed by atoms with E-state index in [9.17, 15) is 9.59 Å². The lowest BCUT2D eigenvalue weighted by Crippen LogP contribution is -2.13. The SMILES string of the molecule is COc1cnccc1C(=O)Nc1cc(C(=O)O)[nH]n1. The predicted octanol–water partition coefficient (Wildman–Crippen LogP) is 0.764. The number of pyridine rings is 1. The molecular formula is C11H10N4O4. The van der Waals surface area contributed by atoms with Gasteiger partial charge in [-0.3, -0.25) is 14.9 Å². The van der Waals surface area contributed by atoms with Gasteiger partial charge in [-0.05, 0) is 6.07 Å². The molecule has 0 spiro atoms. The van der Waals surface area contributed by atoms with Crippen LogP contribution in [0.4, 0.5) is 5.82 Å². The Labute approximate surface area is 107 Å².